The quantitative estimate of drug-likeness (QED) is 0.670. The van der Waals surface area contributed by atoms with Gasteiger partial charge in [-0.15, -0.1) is 0 Å². The number of ether oxygens (including phenoxy) is 1. The summed E-state index contributed by atoms with van der Waals surface area (Å²) in [5.74, 6) is 0.480. The van der Waals surface area contributed by atoms with Crippen molar-refractivity contribution >= 4 is 5.91 Å². The van der Waals surface area contributed by atoms with Crippen LogP contribution in [0.15, 0.2) is 12.2 Å². The van der Waals surface area contributed by atoms with Gasteiger partial charge in [0.05, 0.1) is 12.1 Å². The van der Waals surface area contributed by atoms with E-state index in [1.165, 1.54) is 19.3 Å². The average Bonchev–Trinajstić information content (AvgIpc) is 2.53. The fourth-order valence-electron chi connectivity index (χ4n) is 3.04. The van der Waals surface area contributed by atoms with Gasteiger partial charge in [-0.2, -0.15) is 0 Å². The standard InChI is InChI=1S/C15H25NO3.CH4O/c1-2-15(10-12-6-4-3-5-7-12)11-19-13(8-9-17)14(18)16-15;1-2/h4,6,12-13,17H,2-3,5,7-11H2,1H3,(H,16,18);2H,1H3/t12-,13+,15+;/m1./s1. The second kappa shape index (κ2) is 9.18. The third kappa shape index (κ3) is 5.09. The lowest BCUT2D eigenvalue weighted by atomic mass is 9.80. The summed E-state index contributed by atoms with van der Waals surface area (Å²) in [6, 6.07) is 0. The first-order valence-electron chi connectivity index (χ1n) is 7.85. The average molecular weight is 299 g/mol. The molecule has 5 heteroatoms. The van der Waals surface area contributed by atoms with Crippen LogP contribution < -0.4 is 5.32 Å². The summed E-state index contributed by atoms with van der Waals surface area (Å²) < 4.78 is 5.68. The number of carbonyl (C=O) groups is 1. The minimum atomic E-state index is -0.480. The number of amides is 1. The molecule has 1 aliphatic carbocycles. The summed E-state index contributed by atoms with van der Waals surface area (Å²) in [6.45, 7) is 2.65. The van der Waals surface area contributed by atoms with Crippen LogP contribution in [0, 0.1) is 5.92 Å². The van der Waals surface area contributed by atoms with Gasteiger partial charge in [0.15, 0.2) is 0 Å². The molecule has 21 heavy (non-hydrogen) atoms. The number of hydrogen-bond acceptors (Lipinski definition) is 4. The molecule has 0 bridgehead atoms. The van der Waals surface area contributed by atoms with Crippen molar-refractivity contribution in [1.29, 1.82) is 0 Å². The number of carbonyl (C=O) groups excluding carboxylic acids is 1. The first-order valence-corrected chi connectivity index (χ1v) is 7.85. The van der Waals surface area contributed by atoms with Crippen LogP contribution in [0.25, 0.3) is 0 Å². The molecule has 2 rings (SSSR count). The molecule has 1 amide bonds. The Morgan fingerprint density at radius 3 is 2.76 bits per heavy atom. The summed E-state index contributed by atoms with van der Waals surface area (Å²) in [6.07, 6.45) is 9.90. The van der Waals surface area contributed by atoms with Crippen LogP contribution in [0.4, 0.5) is 0 Å². The van der Waals surface area contributed by atoms with E-state index in [1.807, 2.05) is 0 Å². The van der Waals surface area contributed by atoms with E-state index in [4.69, 9.17) is 14.9 Å². The number of hydrogen-bond donors (Lipinski definition) is 3. The van der Waals surface area contributed by atoms with Gasteiger partial charge in [-0.1, -0.05) is 19.1 Å². The van der Waals surface area contributed by atoms with Crippen molar-refractivity contribution < 1.29 is 19.7 Å². The van der Waals surface area contributed by atoms with Gasteiger partial charge in [0, 0.05) is 20.1 Å². The molecule has 1 aliphatic heterocycles. The van der Waals surface area contributed by atoms with Crippen molar-refractivity contribution in [3.8, 4) is 0 Å². The Bertz CT molecular complexity index is 345. The summed E-state index contributed by atoms with van der Waals surface area (Å²) in [4.78, 5) is 12.0. The second-order valence-electron chi connectivity index (χ2n) is 5.76. The summed E-state index contributed by atoms with van der Waals surface area (Å²) in [7, 11) is 1.00. The van der Waals surface area contributed by atoms with Crippen molar-refractivity contribution in [3.05, 3.63) is 12.2 Å². The van der Waals surface area contributed by atoms with Crippen molar-refractivity contribution in [2.24, 2.45) is 5.92 Å². The molecule has 0 aromatic carbocycles. The van der Waals surface area contributed by atoms with Crippen LogP contribution in [0.2, 0.25) is 0 Å². The van der Waals surface area contributed by atoms with Crippen LogP contribution in [-0.2, 0) is 9.53 Å². The number of rotatable bonds is 5. The van der Waals surface area contributed by atoms with E-state index in [0.29, 0.717) is 18.9 Å². The van der Waals surface area contributed by atoms with Crippen LogP contribution in [0.5, 0.6) is 0 Å². The summed E-state index contributed by atoms with van der Waals surface area (Å²) in [5, 5.41) is 19.1. The zero-order valence-electron chi connectivity index (χ0n) is 13.2. The van der Waals surface area contributed by atoms with E-state index >= 15 is 0 Å². The molecular formula is C16H29NO4. The van der Waals surface area contributed by atoms with Crippen LogP contribution in [0.1, 0.15) is 45.4 Å². The van der Waals surface area contributed by atoms with E-state index in [1.54, 1.807) is 0 Å². The number of aliphatic hydroxyl groups excluding tert-OH is 2. The molecule has 1 heterocycles. The summed E-state index contributed by atoms with van der Waals surface area (Å²) >= 11 is 0. The molecule has 1 saturated heterocycles. The van der Waals surface area contributed by atoms with E-state index in [-0.39, 0.29) is 18.1 Å². The highest BCUT2D eigenvalue weighted by Crippen LogP contribution is 2.31. The van der Waals surface area contributed by atoms with Gasteiger partial charge < -0.3 is 20.3 Å². The predicted octanol–water partition coefficient (Wildman–Crippen LogP) is 1.39. The van der Waals surface area contributed by atoms with Gasteiger partial charge in [-0.25, -0.2) is 0 Å². The van der Waals surface area contributed by atoms with Gasteiger partial charge in [-0.3, -0.25) is 4.79 Å². The van der Waals surface area contributed by atoms with Gasteiger partial charge in [0.2, 0.25) is 5.91 Å². The van der Waals surface area contributed by atoms with Crippen molar-refractivity contribution in [2.45, 2.75) is 57.1 Å². The van der Waals surface area contributed by atoms with E-state index in [0.717, 1.165) is 20.0 Å². The maximum Gasteiger partial charge on any atom is 0.249 e. The smallest absolute Gasteiger partial charge is 0.249 e. The highest BCUT2D eigenvalue weighted by atomic mass is 16.5. The maximum atomic E-state index is 12.0. The lowest BCUT2D eigenvalue weighted by Crippen LogP contribution is -2.60. The lowest BCUT2D eigenvalue weighted by molar-refractivity contribution is -0.148. The third-order valence-electron chi connectivity index (χ3n) is 4.32. The van der Waals surface area contributed by atoms with E-state index in [9.17, 15) is 4.79 Å². The van der Waals surface area contributed by atoms with Gasteiger partial charge in [0.25, 0.3) is 0 Å². The molecule has 5 nitrogen and oxygen atoms in total. The second-order valence-corrected chi connectivity index (χ2v) is 5.76. The number of nitrogens with one attached hydrogen (secondary N) is 1. The molecular weight excluding hydrogens is 270 g/mol. The molecule has 0 radical (unpaired) electrons. The van der Waals surface area contributed by atoms with Crippen molar-refractivity contribution in [3.63, 3.8) is 0 Å². The van der Waals surface area contributed by atoms with Crippen LogP contribution >= 0.6 is 0 Å². The Kier molecular flexibility index (Phi) is 7.93. The molecule has 1 fully saturated rings. The van der Waals surface area contributed by atoms with Crippen LogP contribution in [-0.4, -0.2) is 48.1 Å². The first-order chi connectivity index (χ1) is 10.2. The predicted molar refractivity (Wildman–Crippen MR) is 81.8 cm³/mol. The largest absolute Gasteiger partial charge is 0.400 e. The molecule has 0 saturated carbocycles. The maximum absolute atomic E-state index is 12.0. The van der Waals surface area contributed by atoms with Crippen LogP contribution in [0.3, 0.4) is 0 Å². The minimum Gasteiger partial charge on any atom is -0.400 e. The summed E-state index contributed by atoms with van der Waals surface area (Å²) in [5.41, 5.74) is -0.227. The Labute approximate surface area is 127 Å². The third-order valence-corrected chi connectivity index (χ3v) is 4.32. The van der Waals surface area contributed by atoms with Crippen molar-refractivity contribution in [1.82, 2.24) is 5.32 Å². The molecule has 3 N–H and O–H groups in total. The molecule has 3 atom stereocenters. The Morgan fingerprint density at radius 2 is 2.24 bits per heavy atom. The molecule has 0 unspecified atom stereocenters. The zero-order valence-corrected chi connectivity index (χ0v) is 13.2. The number of morpholine rings is 1. The molecule has 0 spiro atoms. The number of allylic oxidation sites excluding steroid dienone is 2. The van der Waals surface area contributed by atoms with E-state index in [2.05, 4.69) is 24.4 Å². The van der Waals surface area contributed by atoms with Crippen molar-refractivity contribution in [2.75, 3.05) is 20.3 Å². The fraction of sp³-hybridized carbons (Fsp3) is 0.812. The monoisotopic (exact) mass is 299 g/mol. The molecule has 2 aliphatic rings. The Balaban J connectivity index is 0.00000106. The fourth-order valence-corrected chi connectivity index (χ4v) is 3.04. The zero-order chi connectivity index (χ0) is 15.7. The molecule has 122 valence electrons. The topological polar surface area (TPSA) is 78.8 Å². The molecule has 0 aromatic rings. The Morgan fingerprint density at radius 1 is 1.48 bits per heavy atom. The van der Waals surface area contributed by atoms with Gasteiger partial charge >= 0.3 is 0 Å². The first kappa shape index (κ1) is 18.1. The van der Waals surface area contributed by atoms with Gasteiger partial charge in [0.1, 0.15) is 6.10 Å². The van der Waals surface area contributed by atoms with Gasteiger partial charge in [-0.05, 0) is 38.0 Å². The minimum absolute atomic E-state index is 0.0113. The highest BCUT2D eigenvalue weighted by molar-refractivity contribution is 5.82. The van der Waals surface area contributed by atoms with E-state index < -0.39 is 6.10 Å². The Hall–Kier alpha value is -0.910. The lowest BCUT2D eigenvalue weighted by Gasteiger charge is -2.42. The normalized spacial score (nSPS) is 32.1. The number of aliphatic hydroxyl groups is 2. The highest BCUT2D eigenvalue weighted by Gasteiger charge is 2.40. The SMILES string of the molecule is CC[C@]1(C[C@@H]2C=CCCC2)CO[C@@H](CCO)C(=O)N1.CO. The molecule has 0 aromatic heterocycles.